The number of hydrogen-bond donors (Lipinski definition) is 0. The average Bonchev–Trinajstić information content (AvgIpc) is 2.85. The van der Waals surface area contributed by atoms with Crippen molar-refractivity contribution >= 4 is 39.3 Å². The molecular weight excluding hydrogens is 402 g/mol. The molecule has 4 nitrogen and oxygen atoms in total. The number of benzene rings is 1. The van der Waals surface area contributed by atoms with Crippen LogP contribution in [-0.4, -0.2) is 31.5 Å². The molecule has 0 radical (unpaired) electrons. The van der Waals surface area contributed by atoms with Gasteiger partial charge in [-0.1, -0.05) is 22.0 Å². The maximum atomic E-state index is 12.3. The smallest absolute Gasteiger partial charge is 0.308 e. The van der Waals surface area contributed by atoms with Gasteiger partial charge in [0.2, 0.25) is 0 Å². The van der Waals surface area contributed by atoms with Crippen LogP contribution in [-0.2, 0) is 26.2 Å². The van der Waals surface area contributed by atoms with Crippen molar-refractivity contribution < 1.29 is 14.3 Å². The van der Waals surface area contributed by atoms with Gasteiger partial charge in [0.15, 0.2) is 0 Å². The van der Waals surface area contributed by atoms with Gasteiger partial charge in [-0.25, -0.2) is 4.99 Å². The van der Waals surface area contributed by atoms with Crippen LogP contribution in [0, 0.1) is 5.41 Å². The van der Waals surface area contributed by atoms with Crippen LogP contribution >= 0.6 is 28.1 Å². The van der Waals surface area contributed by atoms with E-state index in [2.05, 4.69) is 38.2 Å². The zero-order valence-corrected chi connectivity index (χ0v) is 16.9. The number of ether oxygens (including phenoxy) is 2. The van der Waals surface area contributed by atoms with Gasteiger partial charge in [-0.2, -0.15) is 0 Å². The Bertz CT molecular complexity index is 723. The Hall–Kier alpha value is -1.07. The number of rotatable bonds is 4. The van der Waals surface area contributed by atoms with Crippen LogP contribution in [0.1, 0.15) is 43.2 Å². The van der Waals surface area contributed by atoms with E-state index in [1.807, 2.05) is 6.07 Å². The van der Waals surface area contributed by atoms with E-state index in [-0.39, 0.29) is 23.9 Å². The number of halogens is 1. The summed E-state index contributed by atoms with van der Waals surface area (Å²) in [5, 5.41) is 2.59. The molecule has 0 amide bonds. The molecule has 6 heteroatoms. The topological polar surface area (TPSA) is 47.9 Å². The SMILES string of the molecule is COC(=O)C[C@]1(N=C=S)c2cc(Br)ccc2CC12CCC(OC)CC2. The Morgan fingerprint density at radius 3 is 2.72 bits per heavy atom. The van der Waals surface area contributed by atoms with E-state index >= 15 is 0 Å². The molecule has 0 heterocycles. The number of isothiocyanates is 1. The molecule has 1 fully saturated rings. The van der Waals surface area contributed by atoms with Crippen molar-refractivity contribution in [2.75, 3.05) is 14.2 Å². The molecule has 134 valence electrons. The molecule has 3 rings (SSSR count). The highest BCUT2D eigenvalue weighted by Gasteiger charge is 2.59. The van der Waals surface area contributed by atoms with Crippen molar-refractivity contribution in [2.45, 2.75) is 50.2 Å². The van der Waals surface area contributed by atoms with Gasteiger partial charge < -0.3 is 9.47 Å². The fourth-order valence-corrected chi connectivity index (χ4v) is 5.23. The fraction of sp³-hybridized carbons (Fsp3) is 0.579. The molecule has 0 N–H and O–H groups in total. The average molecular weight is 424 g/mol. The second kappa shape index (κ2) is 7.28. The first kappa shape index (κ1) is 18.7. The summed E-state index contributed by atoms with van der Waals surface area (Å²) in [6, 6.07) is 6.25. The van der Waals surface area contributed by atoms with Crippen LogP contribution in [0.4, 0.5) is 0 Å². The maximum Gasteiger partial charge on any atom is 0.308 e. The summed E-state index contributed by atoms with van der Waals surface area (Å²) in [5.74, 6) is -0.268. The van der Waals surface area contributed by atoms with Crippen molar-refractivity contribution in [3.8, 4) is 0 Å². The highest BCUT2D eigenvalue weighted by atomic mass is 79.9. The third-order valence-electron chi connectivity index (χ3n) is 6.01. The summed E-state index contributed by atoms with van der Waals surface area (Å²) in [4.78, 5) is 17.0. The molecule has 0 aromatic heterocycles. The van der Waals surface area contributed by atoms with Crippen LogP contribution in [0.15, 0.2) is 27.7 Å². The molecule has 0 bridgehead atoms. The number of methoxy groups -OCH3 is 2. The first-order valence-electron chi connectivity index (χ1n) is 8.48. The third kappa shape index (κ3) is 3.10. The van der Waals surface area contributed by atoms with Crippen molar-refractivity contribution in [2.24, 2.45) is 10.4 Å². The van der Waals surface area contributed by atoms with Gasteiger partial charge >= 0.3 is 5.97 Å². The van der Waals surface area contributed by atoms with E-state index in [1.165, 1.54) is 12.7 Å². The molecule has 1 atom stereocenters. The number of thiocarbonyl (C=S) groups is 1. The van der Waals surface area contributed by atoms with Gasteiger partial charge in [0.25, 0.3) is 0 Å². The normalized spacial score (nSPS) is 30.6. The molecule has 1 aromatic carbocycles. The van der Waals surface area contributed by atoms with Crippen molar-refractivity contribution in [3.05, 3.63) is 33.8 Å². The number of fused-ring (bicyclic) bond motifs is 1. The molecule has 25 heavy (non-hydrogen) atoms. The van der Waals surface area contributed by atoms with Gasteiger partial charge in [-0.15, -0.1) is 0 Å². The van der Waals surface area contributed by atoms with Gasteiger partial charge in [-0.05, 0) is 67.6 Å². The van der Waals surface area contributed by atoms with Crippen LogP contribution in [0.2, 0.25) is 0 Å². The number of aliphatic imine (C=N–C) groups is 1. The van der Waals surface area contributed by atoms with Crippen molar-refractivity contribution in [3.63, 3.8) is 0 Å². The lowest BCUT2D eigenvalue weighted by Gasteiger charge is -2.46. The number of carbonyl (C=O) groups is 1. The standard InChI is InChI=1S/C19H22BrNO3S/c1-23-15-5-7-18(8-6-15)10-13-3-4-14(20)9-16(13)19(18,21-12-25)11-17(22)24-2/h3-4,9,15H,5-8,10-11H2,1-2H3/t15?,18?,19-/m0/s1. The molecule has 2 aliphatic carbocycles. The summed E-state index contributed by atoms with van der Waals surface area (Å²) in [6.45, 7) is 0. The van der Waals surface area contributed by atoms with Gasteiger partial charge in [0.1, 0.15) is 5.54 Å². The van der Waals surface area contributed by atoms with E-state index in [4.69, 9.17) is 21.7 Å². The summed E-state index contributed by atoms with van der Waals surface area (Å²) in [7, 11) is 3.18. The Morgan fingerprint density at radius 1 is 1.40 bits per heavy atom. The van der Waals surface area contributed by atoms with Gasteiger partial charge in [-0.3, -0.25) is 4.79 Å². The molecule has 2 aliphatic rings. The van der Waals surface area contributed by atoms with Crippen LogP contribution in [0.5, 0.6) is 0 Å². The van der Waals surface area contributed by atoms with E-state index in [0.717, 1.165) is 42.1 Å². The molecule has 0 aliphatic heterocycles. The van der Waals surface area contributed by atoms with Crippen LogP contribution in [0.3, 0.4) is 0 Å². The van der Waals surface area contributed by atoms with E-state index in [9.17, 15) is 4.79 Å². The quantitative estimate of drug-likeness (QED) is 0.407. The number of nitrogens with zero attached hydrogens (tertiary/aromatic N) is 1. The summed E-state index contributed by atoms with van der Waals surface area (Å²) in [6.07, 6.45) is 5.15. The first-order chi connectivity index (χ1) is 12.0. The van der Waals surface area contributed by atoms with Crippen molar-refractivity contribution in [1.29, 1.82) is 0 Å². The molecule has 1 aromatic rings. The minimum atomic E-state index is -0.709. The van der Waals surface area contributed by atoms with Gasteiger partial charge in [0, 0.05) is 17.0 Å². The number of carbonyl (C=O) groups excluding carboxylic acids is 1. The maximum absolute atomic E-state index is 12.3. The zero-order chi connectivity index (χ0) is 18.1. The Labute approximate surface area is 162 Å². The predicted octanol–water partition coefficient (Wildman–Crippen LogP) is 4.44. The van der Waals surface area contributed by atoms with Crippen LogP contribution in [0.25, 0.3) is 0 Å². The molecule has 0 saturated heterocycles. The highest BCUT2D eigenvalue weighted by Crippen LogP contribution is 2.61. The zero-order valence-electron chi connectivity index (χ0n) is 14.5. The molecule has 0 unspecified atom stereocenters. The lowest BCUT2D eigenvalue weighted by molar-refractivity contribution is -0.144. The summed E-state index contributed by atoms with van der Waals surface area (Å²) >= 11 is 8.56. The third-order valence-corrected chi connectivity index (χ3v) is 6.60. The van der Waals surface area contributed by atoms with Crippen molar-refractivity contribution in [1.82, 2.24) is 0 Å². The second-order valence-corrected chi connectivity index (χ2v) is 8.11. The minimum Gasteiger partial charge on any atom is -0.469 e. The lowest BCUT2D eigenvalue weighted by atomic mass is 9.60. The Morgan fingerprint density at radius 2 is 2.12 bits per heavy atom. The lowest BCUT2D eigenvalue weighted by Crippen LogP contribution is -2.46. The summed E-state index contributed by atoms with van der Waals surface area (Å²) < 4.78 is 11.5. The highest BCUT2D eigenvalue weighted by molar-refractivity contribution is 9.10. The predicted molar refractivity (Wildman–Crippen MR) is 103 cm³/mol. The molecular formula is C19H22BrNO3S. The first-order valence-corrected chi connectivity index (χ1v) is 9.68. The molecule has 1 saturated carbocycles. The van der Waals surface area contributed by atoms with E-state index in [0.29, 0.717) is 0 Å². The molecule has 1 spiro atoms. The Kier molecular flexibility index (Phi) is 5.45. The monoisotopic (exact) mass is 423 g/mol. The largest absolute Gasteiger partial charge is 0.469 e. The van der Waals surface area contributed by atoms with E-state index in [1.54, 1.807) is 7.11 Å². The number of esters is 1. The van der Waals surface area contributed by atoms with E-state index < -0.39 is 5.54 Å². The fourth-order valence-electron chi connectivity index (χ4n) is 4.71. The Balaban J connectivity index is 2.14. The van der Waals surface area contributed by atoms with Crippen LogP contribution < -0.4 is 0 Å². The minimum absolute atomic E-state index is 0.148. The second-order valence-electron chi connectivity index (χ2n) is 7.01. The summed E-state index contributed by atoms with van der Waals surface area (Å²) in [5.41, 5.74) is 1.45. The van der Waals surface area contributed by atoms with Gasteiger partial charge in [0.05, 0.1) is 24.8 Å². The number of hydrogen-bond acceptors (Lipinski definition) is 5.